The number of aromatic nitrogens is 1. The summed E-state index contributed by atoms with van der Waals surface area (Å²) >= 11 is 0. The molecule has 3 amide bonds. The fourth-order valence-corrected chi connectivity index (χ4v) is 3.86. The van der Waals surface area contributed by atoms with Crippen LogP contribution in [0.3, 0.4) is 0 Å². The van der Waals surface area contributed by atoms with Gasteiger partial charge in [-0.25, -0.2) is 4.79 Å². The lowest BCUT2D eigenvalue weighted by atomic mass is 10.0. The lowest BCUT2D eigenvalue weighted by Crippen LogP contribution is -2.56. The standard InChI is InChI=1S/C25H36N8O7/c1-13(21(36)32-18(24(39)40)7-4-10-29-25(27)28)31-23(38)19(33-22(37)16(26)8-9-20(34)35)11-14-12-30-17-6-3-2-5-15(14)17/h2-3,5-6,12-13,16,18-19,30H,4,7-11,26H2,1H3,(H,31,38)(H,32,36)(H,33,37)(H,34,35)(H,39,40)(H4,27,28,29). The highest BCUT2D eigenvalue weighted by Crippen LogP contribution is 2.19. The molecule has 1 heterocycles. The third-order valence-corrected chi connectivity index (χ3v) is 6.05. The Hall–Kier alpha value is -4.66. The van der Waals surface area contributed by atoms with Crippen molar-refractivity contribution in [2.24, 2.45) is 22.2 Å². The largest absolute Gasteiger partial charge is 0.481 e. The number of benzene rings is 1. The molecule has 15 heteroatoms. The first-order valence-electron chi connectivity index (χ1n) is 12.6. The lowest BCUT2D eigenvalue weighted by Gasteiger charge is -2.23. The minimum atomic E-state index is -1.27. The highest BCUT2D eigenvalue weighted by atomic mass is 16.4. The normalized spacial score (nSPS) is 13.8. The van der Waals surface area contributed by atoms with Gasteiger partial charge in [0.15, 0.2) is 5.96 Å². The Morgan fingerprint density at radius 2 is 1.62 bits per heavy atom. The summed E-state index contributed by atoms with van der Waals surface area (Å²) in [4.78, 5) is 67.9. The smallest absolute Gasteiger partial charge is 0.326 e. The number of aliphatic imine (C=N–C) groups is 1. The van der Waals surface area contributed by atoms with Crippen LogP contribution in [0.2, 0.25) is 0 Å². The van der Waals surface area contributed by atoms with Crippen molar-refractivity contribution in [2.45, 2.75) is 63.2 Å². The van der Waals surface area contributed by atoms with Gasteiger partial charge in [-0.05, 0) is 37.8 Å². The number of fused-ring (bicyclic) bond motifs is 1. The maximum absolute atomic E-state index is 13.2. The Bertz CT molecular complexity index is 1240. The molecule has 2 rings (SSSR count). The van der Waals surface area contributed by atoms with Crippen LogP contribution in [-0.2, 0) is 30.4 Å². The summed E-state index contributed by atoms with van der Waals surface area (Å²) in [5, 5.41) is 26.6. The first kappa shape index (κ1) is 31.6. The monoisotopic (exact) mass is 560 g/mol. The van der Waals surface area contributed by atoms with Crippen molar-refractivity contribution in [3.05, 3.63) is 36.0 Å². The van der Waals surface area contributed by atoms with Crippen molar-refractivity contribution in [3.8, 4) is 0 Å². The summed E-state index contributed by atoms with van der Waals surface area (Å²) in [6, 6.07) is 2.59. The number of para-hydroxylation sites is 1. The van der Waals surface area contributed by atoms with Gasteiger partial charge in [-0.2, -0.15) is 0 Å². The van der Waals surface area contributed by atoms with Crippen LogP contribution < -0.4 is 33.2 Å². The van der Waals surface area contributed by atoms with E-state index in [-0.39, 0.29) is 44.6 Å². The van der Waals surface area contributed by atoms with E-state index in [9.17, 15) is 29.1 Å². The van der Waals surface area contributed by atoms with Crippen LogP contribution in [0, 0.1) is 0 Å². The van der Waals surface area contributed by atoms with Gasteiger partial charge >= 0.3 is 11.9 Å². The van der Waals surface area contributed by atoms with Gasteiger partial charge < -0.3 is 48.3 Å². The summed E-state index contributed by atoms with van der Waals surface area (Å²) in [5.74, 6) is -4.72. The maximum atomic E-state index is 13.2. The van der Waals surface area contributed by atoms with E-state index in [1.54, 1.807) is 6.20 Å². The average molecular weight is 561 g/mol. The number of carboxylic acid groups (broad SMARTS) is 2. The first-order valence-corrected chi connectivity index (χ1v) is 12.6. The van der Waals surface area contributed by atoms with Crippen LogP contribution in [0.15, 0.2) is 35.5 Å². The second-order valence-electron chi connectivity index (χ2n) is 9.24. The van der Waals surface area contributed by atoms with Crippen LogP contribution >= 0.6 is 0 Å². The molecular weight excluding hydrogens is 524 g/mol. The number of rotatable bonds is 16. The summed E-state index contributed by atoms with van der Waals surface area (Å²) in [7, 11) is 0. The number of hydrogen-bond donors (Lipinski definition) is 9. The van der Waals surface area contributed by atoms with E-state index in [1.165, 1.54) is 6.92 Å². The molecule has 12 N–H and O–H groups in total. The third-order valence-electron chi connectivity index (χ3n) is 6.05. The van der Waals surface area contributed by atoms with Gasteiger partial charge in [0.05, 0.1) is 6.04 Å². The summed E-state index contributed by atoms with van der Waals surface area (Å²) in [6.07, 6.45) is 1.59. The topological polar surface area (TPSA) is 268 Å². The Kier molecular flexibility index (Phi) is 11.9. The first-order chi connectivity index (χ1) is 18.9. The van der Waals surface area contributed by atoms with E-state index in [1.807, 2.05) is 24.3 Å². The number of aliphatic carboxylic acids is 2. The van der Waals surface area contributed by atoms with Crippen molar-refractivity contribution < 1.29 is 34.2 Å². The molecule has 0 bridgehead atoms. The molecule has 218 valence electrons. The zero-order chi connectivity index (χ0) is 29.8. The molecule has 15 nitrogen and oxygen atoms in total. The molecule has 1 aromatic carbocycles. The zero-order valence-electron chi connectivity index (χ0n) is 22.1. The Balaban J connectivity index is 2.12. The number of nitrogens with two attached hydrogens (primary N) is 3. The van der Waals surface area contributed by atoms with E-state index in [4.69, 9.17) is 22.3 Å². The SMILES string of the molecule is CC(NC(=O)C(Cc1c[nH]c2ccccc12)NC(=O)C(N)CCC(=O)O)C(=O)NC(CCCN=C(N)N)C(=O)O. The Labute approximate surface area is 229 Å². The van der Waals surface area contributed by atoms with Gasteiger partial charge in [-0.15, -0.1) is 0 Å². The van der Waals surface area contributed by atoms with Crippen molar-refractivity contribution in [2.75, 3.05) is 6.54 Å². The number of nitrogens with zero attached hydrogens (tertiary/aromatic N) is 1. The van der Waals surface area contributed by atoms with E-state index in [2.05, 4.69) is 25.9 Å². The van der Waals surface area contributed by atoms with Crippen LogP contribution in [0.4, 0.5) is 0 Å². The van der Waals surface area contributed by atoms with Crippen molar-refractivity contribution in [1.29, 1.82) is 0 Å². The number of carbonyl (C=O) groups is 5. The van der Waals surface area contributed by atoms with Gasteiger partial charge in [0.1, 0.15) is 18.1 Å². The summed E-state index contributed by atoms with van der Waals surface area (Å²) in [6.45, 7) is 1.55. The molecular formula is C25H36N8O7. The number of guanidine groups is 1. The fourth-order valence-electron chi connectivity index (χ4n) is 3.86. The number of carboxylic acids is 2. The van der Waals surface area contributed by atoms with Gasteiger partial charge in [0.2, 0.25) is 17.7 Å². The van der Waals surface area contributed by atoms with Crippen LogP contribution in [0.5, 0.6) is 0 Å². The highest BCUT2D eigenvalue weighted by molar-refractivity contribution is 5.94. The molecule has 0 fully saturated rings. The molecule has 0 radical (unpaired) electrons. The summed E-state index contributed by atoms with van der Waals surface area (Å²) < 4.78 is 0. The van der Waals surface area contributed by atoms with Crippen LogP contribution in [-0.4, -0.2) is 81.5 Å². The number of nitrogens with one attached hydrogen (secondary N) is 4. The zero-order valence-corrected chi connectivity index (χ0v) is 22.1. The lowest BCUT2D eigenvalue weighted by molar-refractivity contribution is -0.142. The van der Waals surface area contributed by atoms with Crippen LogP contribution in [0.25, 0.3) is 10.9 Å². The molecule has 2 aromatic rings. The van der Waals surface area contributed by atoms with E-state index in [0.717, 1.165) is 10.9 Å². The highest BCUT2D eigenvalue weighted by Gasteiger charge is 2.29. The fraction of sp³-hybridized carbons (Fsp3) is 0.440. The number of amides is 3. The molecule has 4 unspecified atom stereocenters. The van der Waals surface area contributed by atoms with Crippen LogP contribution in [0.1, 0.15) is 38.2 Å². The van der Waals surface area contributed by atoms with Gasteiger partial charge in [0, 0.05) is 36.5 Å². The second-order valence-corrected chi connectivity index (χ2v) is 9.24. The summed E-state index contributed by atoms with van der Waals surface area (Å²) in [5.41, 5.74) is 17.8. The molecule has 40 heavy (non-hydrogen) atoms. The maximum Gasteiger partial charge on any atom is 0.326 e. The van der Waals surface area contributed by atoms with E-state index >= 15 is 0 Å². The van der Waals surface area contributed by atoms with Crippen molar-refractivity contribution in [3.63, 3.8) is 0 Å². The van der Waals surface area contributed by atoms with Gasteiger partial charge in [0.25, 0.3) is 0 Å². The molecule has 0 aliphatic carbocycles. The van der Waals surface area contributed by atoms with Crippen molar-refractivity contribution in [1.82, 2.24) is 20.9 Å². The predicted molar refractivity (Wildman–Crippen MR) is 146 cm³/mol. The quantitative estimate of drug-likeness (QED) is 0.0652. The third kappa shape index (κ3) is 9.90. The Morgan fingerprint density at radius 1 is 0.950 bits per heavy atom. The molecule has 0 aliphatic heterocycles. The molecule has 0 spiro atoms. The Morgan fingerprint density at radius 3 is 2.27 bits per heavy atom. The number of aromatic amines is 1. The molecule has 0 aliphatic rings. The molecule has 0 saturated heterocycles. The molecule has 4 atom stereocenters. The molecule has 1 aromatic heterocycles. The average Bonchev–Trinajstić information content (AvgIpc) is 3.30. The van der Waals surface area contributed by atoms with Crippen molar-refractivity contribution >= 4 is 46.5 Å². The minimum Gasteiger partial charge on any atom is -0.481 e. The number of hydrogen-bond acceptors (Lipinski definition) is 7. The van der Waals surface area contributed by atoms with E-state index in [0.29, 0.717) is 5.56 Å². The predicted octanol–water partition coefficient (Wildman–Crippen LogP) is -1.48. The number of carbonyl (C=O) groups excluding carboxylic acids is 3. The second kappa shape index (κ2) is 15.1. The number of H-pyrrole nitrogens is 1. The van der Waals surface area contributed by atoms with E-state index < -0.39 is 53.8 Å². The minimum absolute atomic E-state index is 0.0319. The molecule has 0 saturated carbocycles. The van der Waals surface area contributed by atoms with Gasteiger partial charge in [-0.1, -0.05) is 18.2 Å². The van der Waals surface area contributed by atoms with Gasteiger partial charge in [-0.3, -0.25) is 24.2 Å².